The van der Waals surface area contributed by atoms with Crippen LogP contribution in [0.2, 0.25) is 12.4 Å². The molecule has 0 aromatic rings. The van der Waals surface area contributed by atoms with Gasteiger partial charge in [-0.05, 0) is 0 Å². The van der Waals surface area contributed by atoms with Crippen molar-refractivity contribution in [1.29, 1.82) is 0 Å². The molecule has 112 valence electrons. The molecular formula is C15H33BiCl2. The first-order valence-corrected chi connectivity index (χ1v) is 14.9. The standard InChI is InChI=1S/3C5H11.Bi.2ClH/c3*1-3-5-4-2;;;/h3*1,3-5H2,2H3;;2*1H/q;;;+2;;/p-2. The predicted octanol–water partition coefficient (Wildman–Crippen LogP) is 0.0598. The van der Waals surface area contributed by atoms with Gasteiger partial charge in [-0.15, -0.1) is 0 Å². The Balaban J connectivity index is -0.00000112. The molecule has 0 radical (unpaired) electrons. The van der Waals surface area contributed by atoms with Crippen molar-refractivity contribution in [3.63, 3.8) is 0 Å². The molecule has 18 heavy (non-hydrogen) atoms. The molecule has 0 fully saturated rings. The average molecular weight is 493 g/mol. The molecule has 0 aromatic heterocycles. The summed E-state index contributed by atoms with van der Waals surface area (Å²) >= 11 is -0.970. The normalized spacial score (nSPS) is 9.50. The maximum atomic E-state index is 2.33. The molecule has 0 amide bonds. The van der Waals surface area contributed by atoms with E-state index < -0.39 is 21.8 Å². The smallest absolute Gasteiger partial charge is 1.00 e. The molecule has 0 aliphatic heterocycles. The van der Waals surface area contributed by atoms with Crippen LogP contribution in [0.3, 0.4) is 0 Å². The predicted molar refractivity (Wildman–Crippen MR) is 78.8 cm³/mol. The Morgan fingerprint density at radius 1 is 0.500 bits per heavy atom. The van der Waals surface area contributed by atoms with Gasteiger partial charge in [0.25, 0.3) is 0 Å². The fraction of sp³-hybridized carbons (Fsp3) is 1.00. The third kappa shape index (κ3) is 17.5. The molecule has 0 N–H and O–H groups in total. The maximum Gasteiger partial charge on any atom is -1.00 e. The maximum absolute atomic E-state index is 2.33. The Morgan fingerprint density at radius 3 is 1.00 bits per heavy atom. The Kier molecular flexibility index (Phi) is 28.3. The van der Waals surface area contributed by atoms with Crippen LogP contribution < -0.4 is 24.8 Å². The zero-order chi connectivity index (χ0) is 12.1. The summed E-state index contributed by atoms with van der Waals surface area (Å²) in [5.74, 6) is 0. The van der Waals surface area contributed by atoms with E-state index in [0.717, 1.165) is 0 Å². The summed E-state index contributed by atoms with van der Waals surface area (Å²) in [4.78, 5) is 0. The largest absolute Gasteiger partial charge is 1.00 e. The number of halogens is 2. The van der Waals surface area contributed by atoms with Crippen molar-refractivity contribution in [2.75, 3.05) is 0 Å². The molecule has 0 unspecified atom stereocenters. The van der Waals surface area contributed by atoms with Gasteiger partial charge in [-0.2, -0.15) is 0 Å². The van der Waals surface area contributed by atoms with Gasteiger partial charge in [0.1, 0.15) is 0 Å². The van der Waals surface area contributed by atoms with Crippen molar-refractivity contribution in [2.45, 2.75) is 90.9 Å². The quantitative estimate of drug-likeness (QED) is 0.267. The van der Waals surface area contributed by atoms with Gasteiger partial charge in [0.15, 0.2) is 0 Å². The van der Waals surface area contributed by atoms with Crippen LogP contribution in [0.15, 0.2) is 0 Å². The minimum absolute atomic E-state index is 0. The molecule has 0 saturated carbocycles. The monoisotopic (exact) mass is 492 g/mol. The Bertz CT molecular complexity index is 108. The molecule has 3 heteroatoms. The first-order valence-electron chi connectivity index (χ1n) is 7.57. The fourth-order valence-electron chi connectivity index (χ4n) is 2.09. The number of rotatable bonds is 12. The summed E-state index contributed by atoms with van der Waals surface area (Å²) in [5, 5.41) is 0. The molecule has 0 heterocycles. The average Bonchev–Trinajstić information content (AvgIpc) is 2.29. The van der Waals surface area contributed by atoms with E-state index in [4.69, 9.17) is 0 Å². The number of hydrogen-bond donors (Lipinski definition) is 0. The summed E-state index contributed by atoms with van der Waals surface area (Å²) in [6, 6.07) is 0. The summed E-state index contributed by atoms with van der Waals surface area (Å²) in [5.41, 5.74) is 0. The van der Waals surface area contributed by atoms with Gasteiger partial charge >= 0.3 is 113 Å². The molecular weight excluding hydrogens is 460 g/mol. The SMILES string of the molecule is CCCC[CH2][Bi+2]([CH2]CCCC)[CH2]CCCC.[Cl-].[Cl-]. The van der Waals surface area contributed by atoms with Gasteiger partial charge in [-0.3, -0.25) is 0 Å². The minimum atomic E-state index is -0.970. The molecule has 0 bridgehead atoms. The van der Waals surface area contributed by atoms with E-state index in [0.29, 0.717) is 0 Å². The summed E-state index contributed by atoms with van der Waals surface area (Å²) in [6.45, 7) is 6.99. The van der Waals surface area contributed by atoms with E-state index in [1.165, 1.54) is 38.5 Å². The van der Waals surface area contributed by atoms with Gasteiger partial charge in [0.05, 0.1) is 0 Å². The zero-order valence-corrected chi connectivity index (χ0v) is 17.7. The second kappa shape index (κ2) is 20.8. The van der Waals surface area contributed by atoms with E-state index in [1.54, 1.807) is 31.6 Å². The number of unbranched alkanes of at least 4 members (excludes halogenated alkanes) is 6. The molecule has 0 atom stereocenters. The van der Waals surface area contributed by atoms with Gasteiger partial charge < -0.3 is 24.8 Å². The third-order valence-corrected chi connectivity index (χ3v) is 14.3. The van der Waals surface area contributed by atoms with Crippen molar-refractivity contribution in [1.82, 2.24) is 0 Å². The molecule has 0 nitrogen and oxygen atoms in total. The molecule has 0 aliphatic carbocycles. The number of hydrogen-bond acceptors (Lipinski definition) is 0. The van der Waals surface area contributed by atoms with Crippen molar-refractivity contribution < 1.29 is 24.8 Å². The van der Waals surface area contributed by atoms with Crippen molar-refractivity contribution in [3.05, 3.63) is 0 Å². The third-order valence-electron chi connectivity index (χ3n) is 3.23. The van der Waals surface area contributed by atoms with E-state index >= 15 is 0 Å². The second-order valence-electron chi connectivity index (χ2n) is 4.96. The van der Waals surface area contributed by atoms with Crippen LogP contribution in [0, 0.1) is 0 Å². The van der Waals surface area contributed by atoms with Gasteiger partial charge in [-0.25, -0.2) is 0 Å². The summed E-state index contributed by atoms with van der Waals surface area (Å²) in [7, 11) is 0. The van der Waals surface area contributed by atoms with E-state index in [9.17, 15) is 0 Å². The molecule has 0 saturated heterocycles. The fourth-order valence-corrected chi connectivity index (χ4v) is 12.5. The van der Waals surface area contributed by atoms with Gasteiger partial charge in [0.2, 0.25) is 0 Å². The van der Waals surface area contributed by atoms with Gasteiger partial charge in [-0.1, -0.05) is 0 Å². The van der Waals surface area contributed by atoms with E-state index in [2.05, 4.69) is 20.8 Å². The topological polar surface area (TPSA) is 0 Å². The first kappa shape index (κ1) is 24.5. The Hall–Kier alpha value is 1.46. The molecule has 0 rings (SSSR count). The van der Waals surface area contributed by atoms with Crippen LogP contribution in [-0.4, -0.2) is 21.8 Å². The minimum Gasteiger partial charge on any atom is -1.00 e. The second-order valence-corrected chi connectivity index (χ2v) is 15.4. The van der Waals surface area contributed by atoms with Gasteiger partial charge in [0, 0.05) is 0 Å². The van der Waals surface area contributed by atoms with Crippen LogP contribution in [0.5, 0.6) is 0 Å². The first-order chi connectivity index (χ1) is 7.85. The Labute approximate surface area is 137 Å². The van der Waals surface area contributed by atoms with Crippen LogP contribution in [0.4, 0.5) is 0 Å². The zero-order valence-electron chi connectivity index (χ0n) is 12.7. The molecule has 0 aliphatic rings. The van der Waals surface area contributed by atoms with E-state index in [-0.39, 0.29) is 24.8 Å². The van der Waals surface area contributed by atoms with Crippen molar-refractivity contribution >= 4 is 21.8 Å². The van der Waals surface area contributed by atoms with Crippen LogP contribution in [0.1, 0.15) is 78.6 Å². The van der Waals surface area contributed by atoms with E-state index in [1.807, 2.05) is 0 Å². The summed E-state index contributed by atoms with van der Waals surface area (Å²) < 4.78 is 5.11. The molecule has 0 spiro atoms. The molecule has 0 aromatic carbocycles. The van der Waals surface area contributed by atoms with Crippen LogP contribution >= 0.6 is 0 Å². The van der Waals surface area contributed by atoms with Crippen LogP contribution in [-0.2, 0) is 0 Å². The van der Waals surface area contributed by atoms with Crippen molar-refractivity contribution in [2.24, 2.45) is 0 Å². The Morgan fingerprint density at radius 2 is 0.778 bits per heavy atom. The van der Waals surface area contributed by atoms with Crippen LogP contribution in [0.25, 0.3) is 0 Å². The van der Waals surface area contributed by atoms with Crippen molar-refractivity contribution in [3.8, 4) is 0 Å². The summed E-state index contributed by atoms with van der Waals surface area (Å²) in [6.07, 6.45) is 13.4.